The van der Waals surface area contributed by atoms with E-state index in [2.05, 4.69) is 12.1 Å². The van der Waals surface area contributed by atoms with E-state index in [4.69, 9.17) is 40.4 Å². The van der Waals surface area contributed by atoms with E-state index in [1.54, 1.807) is 7.11 Å². The van der Waals surface area contributed by atoms with Crippen LogP contribution in [0, 0.1) is 17.8 Å². The molecule has 1 aliphatic carbocycles. The molecule has 7 nitrogen and oxygen atoms in total. The first-order valence-corrected chi connectivity index (χ1v) is 11.5. The van der Waals surface area contributed by atoms with Crippen molar-refractivity contribution in [2.45, 2.75) is 75.5 Å². The van der Waals surface area contributed by atoms with Crippen molar-refractivity contribution in [1.29, 1.82) is 0 Å². The van der Waals surface area contributed by atoms with Gasteiger partial charge in [-0.1, -0.05) is 35.8 Å². The van der Waals surface area contributed by atoms with Gasteiger partial charge in [-0.15, -0.1) is 0 Å². The van der Waals surface area contributed by atoms with Gasteiger partial charge in [-0.05, 0) is 55.7 Å². The van der Waals surface area contributed by atoms with Gasteiger partial charge in [-0.2, -0.15) is 0 Å². The van der Waals surface area contributed by atoms with Crippen LogP contribution in [-0.2, 0) is 28.8 Å². The zero-order chi connectivity index (χ0) is 21.4. The Morgan fingerprint density at radius 2 is 1.94 bits per heavy atom. The molecular formula is C23H28ClNO6. The maximum absolute atomic E-state index is 6.47. The third-order valence-corrected chi connectivity index (χ3v) is 8.37. The SMILES string of the molecule is CO[C@H]1O[C@@H]2O[C@@]3(C)CC[C@H]4[C@H](C)CC[C@@H]([C@]15CC(c1ccc(Cl)cc1)=NO5)[C@@]24OO3. The third kappa shape index (κ3) is 2.74. The summed E-state index contributed by atoms with van der Waals surface area (Å²) in [6.07, 6.45) is 3.01. The fourth-order valence-electron chi connectivity index (χ4n) is 6.57. The molecule has 0 aromatic heterocycles. The maximum Gasteiger partial charge on any atom is 0.203 e. The zero-order valence-electron chi connectivity index (χ0n) is 18.0. The summed E-state index contributed by atoms with van der Waals surface area (Å²) in [6.45, 7) is 4.21. The summed E-state index contributed by atoms with van der Waals surface area (Å²) in [5, 5.41) is 5.19. The fourth-order valence-corrected chi connectivity index (χ4v) is 6.69. The first-order valence-electron chi connectivity index (χ1n) is 11.1. The summed E-state index contributed by atoms with van der Waals surface area (Å²) in [5.41, 5.74) is 0.252. The fraction of sp³-hybridized carbons (Fsp3) is 0.696. The second-order valence-electron chi connectivity index (χ2n) is 9.83. The summed E-state index contributed by atoms with van der Waals surface area (Å²) >= 11 is 6.08. The van der Waals surface area contributed by atoms with Crippen LogP contribution < -0.4 is 0 Å². The van der Waals surface area contributed by atoms with Crippen molar-refractivity contribution in [3.8, 4) is 0 Å². The monoisotopic (exact) mass is 449 g/mol. The number of oxime groups is 1. The van der Waals surface area contributed by atoms with Crippen molar-refractivity contribution >= 4 is 17.3 Å². The van der Waals surface area contributed by atoms with Gasteiger partial charge >= 0.3 is 0 Å². The summed E-state index contributed by atoms with van der Waals surface area (Å²) in [6, 6.07) is 7.64. The quantitative estimate of drug-likeness (QED) is 0.622. The Kier molecular flexibility index (Phi) is 4.53. The molecule has 1 aromatic rings. The molecule has 5 fully saturated rings. The number of nitrogens with zero attached hydrogens (tertiary/aromatic N) is 1. The van der Waals surface area contributed by atoms with Crippen LogP contribution in [0.15, 0.2) is 29.4 Å². The van der Waals surface area contributed by atoms with Crippen LogP contribution in [0.3, 0.4) is 0 Å². The molecular weight excluding hydrogens is 422 g/mol. The average molecular weight is 450 g/mol. The molecule has 2 spiro atoms. The highest BCUT2D eigenvalue weighted by atomic mass is 35.5. The first-order chi connectivity index (χ1) is 14.9. The minimum Gasteiger partial charge on any atom is -0.383 e. The molecule has 1 aromatic carbocycles. The Balaban J connectivity index is 1.42. The largest absolute Gasteiger partial charge is 0.383 e. The molecule has 0 radical (unpaired) electrons. The van der Waals surface area contributed by atoms with Crippen LogP contribution in [0.1, 0.15) is 51.5 Å². The van der Waals surface area contributed by atoms with Gasteiger partial charge < -0.3 is 19.0 Å². The third-order valence-electron chi connectivity index (χ3n) is 8.12. The van der Waals surface area contributed by atoms with Gasteiger partial charge in [0.2, 0.25) is 12.1 Å². The van der Waals surface area contributed by atoms with Gasteiger partial charge in [0.1, 0.15) is 0 Å². The summed E-state index contributed by atoms with van der Waals surface area (Å²) in [7, 11) is 1.64. The summed E-state index contributed by atoms with van der Waals surface area (Å²) in [4.78, 5) is 18.5. The molecule has 8 heteroatoms. The number of rotatable bonds is 2. The minimum atomic E-state index is -0.818. The van der Waals surface area contributed by atoms with E-state index in [-0.39, 0.29) is 11.8 Å². The van der Waals surface area contributed by atoms with Crippen molar-refractivity contribution in [1.82, 2.24) is 0 Å². The van der Waals surface area contributed by atoms with Gasteiger partial charge in [-0.25, -0.2) is 9.78 Å². The van der Waals surface area contributed by atoms with E-state index in [0.29, 0.717) is 17.4 Å². The summed E-state index contributed by atoms with van der Waals surface area (Å²) < 4.78 is 18.7. The highest BCUT2D eigenvalue weighted by Crippen LogP contribution is 2.63. The minimum absolute atomic E-state index is 0.0545. The van der Waals surface area contributed by atoms with Gasteiger partial charge in [0.25, 0.3) is 0 Å². The number of ether oxygens (including phenoxy) is 3. The van der Waals surface area contributed by atoms with Crippen LogP contribution in [0.4, 0.5) is 0 Å². The molecule has 0 N–H and O–H groups in total. The van der Waals surface area contributed by atoms with Crippen molar-refractivity contribution in [3.63, 3.8) is 0 Å². The lowest BCUT2D eigenvalue weighted by molar-refractivity contribution is -0.584. The maximum atomic E-state index is 6.47. The van der Waals surface area contributed by atoms with Crippen LogP contribution >= 0.6 is 11.6 Å². The second kappa shape index (κ2) is 6.89. The Morgan fingerprint density at radius 3 is 2.71 bits per heavy atom. The number of benzene rings is 1. The van der Waals surface area contributed by atoms with Crippen LogP contribution in [0.2, 0.25) is 5.02 Å². The Hall–Kier alpha value is -1.22. The number of methoxy groups -OCH3 is 1. The summed E-state index contributed by atoms with van der Waals surface area (Å²) in [5.74, 6) is -0.175. The topological polar surface area (TPSA) is 67.7 Å². The Morgan fingerprint density at radius 1 is 1.13 bits per heavy atom. The average Bonchev–Trinajstić information content (AvgIpc) is 3.07. The molecule has 4 saturated heterocycles. The molecule has 1 saturated carbocycles. The number of halogens is 1. The van der Waals surface area contributed by atoms with Crippen LogP contribution in [-0.4, -0.2) is 42.4 Å². The lowest BCUT2D eigenvalue weighted by Gasteiger charge is -2.62. The normalized spacial score (nSPS) is 48.1. The highest BCUT2D eigenvalue weighted by molar-refractivity contribution is 6.30. The van der Waals surface area contributed by atoms with Gasteiger partial charge in [0.05, 0.1) is 5.71 Å². The first kappa shape index (κ1) is 20.4. The van der Waals surface area contributed by atoms with E-state index in [9.17, 15) is 0 Å². The van der Waals surface area contributed by atoms with Crippen molar-refractivity contribution < 1.29 is 28.8 Å². The van der Waals surface area contributed by atoms with E-state index in [1.807, 2.05) is 31.2 Å². The zero-order valence-corrected chi connectivity index (χ0v) is 18.8. The predicted molar refractivity (Wildman–Crippen MR) is 111 cm³/mol. The molecule has 31 heavy (non-hydrogen) atoms. The Bertz CT molecular complexity index is 910. The Labute approximate surface area is 186 Å². The van der Waals surface area contributed by atoms with E-state index in [1.165, 1.54) is 0 Å². The molecule has 8 atom stereocenters. The van der Waals surface area contributed by atoms with Crippen molar-refractivity contribution in [2.24, 2.45) is 22.9 Å². The van der Waals surface area contributed by atoms with Gasteiger partial charge in [-0.3, -0.25) is 0 Å². The molecule has 7 rings (SSSR count). The molecule has 5 aliphatic heterocycles. The number of hydrogen-bond acceptors (Lipinski definition) is 7. The molecule has 5 heterocycles. The predicted octanol–water partition coefficient (Wildman–Crippen LogP) is 4.42. The highest BCUT2D eigenvalue weighted by Gasteiger charge is 2.76. The van der Waals surface area contributed by atoms with E-state index < -0.39 is 29.6 Å². The number of hydrogen-bond donors (Lipinski definition) is 0. The standard InChI is InChI=1S/C23H28ClNO6/c1-13-4-9-18-22(12-17(25-29-22)14-5-7-15(24)8-6-14)19(26-3)27-20-23(18)16(13)10-11-21(2,28-20)30-31-23/h5-8,13,16,18-20H,4,9-12H2,1-3H3/t13-,16+,18+,19+,20-,21-,22-,23-/m1/s1. The molecule has 6 aliphatic rings. The molecule has 168 valence electrons. The lowest BCUT2D eigenvalue weighted by Crippen LogP contribution is -2.76. The molecule has 0 unspecified atom stereocenters. The van der Waals surface area contributed by atoms with Crippen molar-refractivity contribution in [2.75, 3.05) is 7.11 Å². The van der Waals surface area contributed by atoms with Crippen LogP contribution in [0.5, 0.6) is 0 Å². The van der Waals surface area contributed by atoms with Gasteiger partial charge in [0, 0.05) is 30.9 Å². The number of fused-ring (bicyclic) bond motifs is 3. The lowest BCUT2D eigenvalue weighted by atomic mass is 9.56. The van der Waals surface area contributed by atoms with Gasteiger partial charge in [0.15, 0.2) is 17.5 Å². The van der Waals surface area contributed by atoms with E-state index in [0.717, 1.165) is 37.0 Å². The molecule has 2 bridgehead atoms. The smallest absolute Gasteiger partial charge is 0.203 e. The van der Waals surface area contributed by atoms with Crippen LogP contribution in [0.25, 0.3) is 0 Å². The molecule has 0 amide bonds. The van der Waals surface area contributed by atoms with Crippen molar-refractivity contribution in [3.05, 3.63) is 34.9 Å². The second-order valence-corrected chi connectivity index (χ2v) is 10.3. The van der Waals surface area contributed by atoms with E-state index >= 15 is 0 Å².